The molecule has 5 heteroatoms. The van der Waals surface area contributed by atoms with Gasteiger partial charge in [-0.2, -0.15) is 0 Å². The van der Waals surface area contributed by atoms with Gasteiger partial charge in [0.2, 0.25) is 0 Å². The molecule has 2 aromatic rings. The van der Waals surface area contributed by atoms with Crippen molar-refractivity contribution < 1.29 is 14.3 Å². The zero-order valence-electron chi connectivity index (χ0n) is 15.4. The molecule has 0 aliphatic heterocycles. The van der Waals surface area contributed by atoms with Crippen LogP contribution in [0, 0.1) is 0 Å². The van der Waals surface area contributed by atoms with Gasteiger partial charge in [0.1, 0.15) is 0 Å². The van der Waals surface area contributed by atoms with Gasteiger partial charge in [-0.05, 0) is 49.1 Å². The molecule has 27 heavy (non-hydrogen) atoms. The van der Waals surface area contributed by atoms with E-state index in [9.17, 15) is 9.59 Å². The highest BCUT2D eigenvalue weighted by Crippen LogP contribution is 2.29. The monoisotopic (exact) mass is 364 g/mol. The number of esters is 1. The van der Waals surface area contributed by atoms with Gasteiger partial charge >= 0.3 is 12.0 Å². The first-order valence-electron chi connectivity index (χ1n) is 9.22. The molecular formula is C22H24N2O3. The second-order valence-corrected chi connectivity index (χ2v) is 6.48. The summed E-state index contributed by atoms with van der Waals surface area (Å²) in [6.07, 6.45) is 5.19. The van der Waals surface area contributed by atoms with Crippen LogP contribution in [-0.4, -0.2) is 29.5 Å². The van der Waals surface area contributed by atoms with E-state index in [1.54, 1.807) is 13.0 Å². The second-order valence-electron chi connectivity index (χ2n) is 6.48. The first-order valence-corrected chi connectivity index (χ1v) is 9.22. The molecule has 0 spiro atoms. The van der Waals surface area contributed by atoms with Crippen LogP contribution in [0.15, 0.2) is 60.7 Å². The van der Waals surface area contributed by atoms with E-state index in [0.29, 0.717) is 19.2 Å². The second kappa shape index (κ2) is 9.03. The fraction of sp³-hybridized carbons (Fsp3) is 0.273. The fourth-order valence-electron chi connectivity index (χ4n) is 2.76. The molecule has 0 saturated heterocycles. The fourth-order valence-corrected chi connectivity index (χ4v) is 2.76. The summed E-state index contributed by atoms with van der Waals surface area (Å²) in [7, 11) is 0. The number of benzene rings is 2. The van der Waals surface area contributed by atoms with E-state index in [2.05, 4.69) is 5.32 Å². The Morgan fingerprint density at radius 2 is 1.81 bits per heavy atom. The van der Waals surface area contributed by atoms with Gasteiger partial charge in [0, 0.05) is 24.4 Å². The summed E-state index contributed by atoms with van der Waals surface area (Å²) in [5.74, 6) is -0.365. The summed E-state index contributed by atoms with van der Waals surface area (Å²) in [5.41, 5.74) is 2.72. The Hall–Kier alpha value is -3.08. The van der Waals surface area contributed by atoms with Crippen LogP contribution in [0.4, 0.5) is 10.5 Å². The van der Waals surface area contributed by atoms with E-state index in [0.717, 1.165) is 29.7 Å². The molecular weight excluding hydrogens is 340 g/mol. The summed E-state index contributed by atoms with van der Waals surface area (Å²) >= 11 is 0. The molecule has 2 amide bonds. The van der Waals surface area contributed by atoms with Crippen molar-refractivity contribution in [3.8, 4) is 0 Å². The number of hydrogen-bond donors (Lipinski definition) is 1. The highest BCUT2D eigenvalue weighted by Gasteiger charge is 2.32. The Balaban J connectivity index is 1.60. The van der Waals surface area contributed by atoms with Gasteiger partial charge in [0.15, 0.2) is 0 Å². The number of hydrogen-bond acceptors (Lipinski definition) is 3. The summed E-state index contributed by atoms with van der Waals surface area (Å²) < 4.78 is 4.86. The lowest BCUT2D eigenvalue weighted by Crippen LogP contribution is -2.36. The predicted molar refractivity (Wildman–Crippen MR) is 106 cm³/mol. The Morgan fingerprint density at radius 3 is 2.44 bits per heavy atom. The molecule has 3 rings (SSSR count). The largest absolute Gasteiger partial charge is 0.463 e. The SMILES string of the molecule is CCOC(=O)C=Cc1ccc(NC(=O)N(Cc2ccccc2)C2CC2)cc1. The smallest absolute Gasteiger partial charge is 0.330 e. The van der Waals surface area contributed by atoms with Gasteiger partial charge in [0.05, 0.1) is 6.61 Å². The summed E-state index contributed by atoms with van der Waals surface area (Å²) in [6, 6.07) is 17.6. The lowest BCUT2D eigenvalue weighted by Gasteiger charge is -2.23. The third kappa shape index (κ3) is 5.71. The van der Waals surface area contributed by atoms with Crippen molar-refractivity contribution in [2.75, 3.05) is 11.9 Å². The molecule has 0 bridgehead atoms. The molecule has 1 aliphatic rings. The molecule has 1 fully saturated rings. The third-order valence-electron chi connectivity index (χ3n) is 4.30. The molecule has 2 aromatic carbocycles. The van der Waals surface area contributed by atoms with Crippen LogP contribution in [0.5, 0.6) is 0 Å². The van der Waals surface area contributed by atoms with Crippen molar-refractivity contribution >= 4 is 23.8 Å². The van der Waals surface area contributed by atoms with Crippen LogP contribution in [0.25, 0.3) is 6.08 Å². The van der Waals surface area contributed by atoms with Crippen molar-refractivity contribution in [2.45, 2.75) is 32.4 Å². The van der Waals surface area contributed by atoms with E-state index >= 15 is 0 Å². The van der Waals surface area contributed by atoms with Gasteiger partial charge in [-0.1, -0.05) is 42.5 Å². The quantitative estimate of drug-likeness (QED) is 0.583. The minimum absolute atomic E-state index is 0.0869. The highest BCUT2D eigenvalue weighted by atomic mass is 16.5. The van der Waals surface area contributed by atoms with Crippen LogP contribution in [0.3, 0.4) is 0 Å². The molecule has 0 heterocycles. The number of carbonyl (C=O) groups excluding carboxylic acids is 2. The molecule has 0 radical (unpaired) electrons. The van der Waals surface area contributed by atoms with Crippen molar-refractivity contribution in [3.63, 3.8) is 0 Å². The molecule has 0 aromatic heterocycles. The number of ether oxygens (including phenoxy) is 1. The predicted octanol–water partition coefficient (Wildman–Crippen LogP) is 4.46. The topological polar surface area (TPSA) is 58.6 Å². The Labute approximate surface area is 159 Å². The number of amides is 2. The lowest BCUT2D eigenvalue weighted by atomic mass is 10.2. The summed E-state index contributed by atoms with van der Waals surface area (Å²) in [4.78, 5) is 26.0. The van der Waals surface area contributed by atoms with Gasteiger partial charge in [-0.3, -0.25) is 0 Å². The van der Waals surface area contributed by atoms with Crippen molar-refractivity contribution in [2.24, 2.45) is 0 Å². The molecule has 1 N–H and O–H groups in total. The first-order chi connectivity index (χ1) is 13.2. The Bertz CT molecular complexity index is 796. The Kier molecular flexibility index (Phi) is 6.26. The van der Waals surface area contributed by atoms with Crippen LogP contribution in [0.2, 0.25) is 0 Å². The van der Waals surface area contributed by atoms with Crippen LogP contribution in [-0.2, 0) is 16.1 Å². The minimum atomic E-state index is -0.365. The highest BCUT2D eigenvalue weighted by molar-refractivity contribution is 5.90. The van der Waals surface area contributed by atoms with E-state index in [4.69, 9.17) is 4.74 Å². The van der Waals surface area contributed by atoms with E-state index in [1.807, 2.05) is 59.5 Å². The molecule has 1 saturated carbocycles. The zero-order chi connectivity index (χ0) is 19.1. The molecule has 140 valence electrons. The van der Waals surface area contributed by atoms with E-state index in [1.165, 1.54) is 6.08 Å². The van der Waals surface area contributed by atoms with Crippen molar-refractivity contribution in [1.82, 2.24) is 4.90 Å². The van der Waals surface area contributed by atoms with Crippen molar-refractivity contribution in [1.29, 1.82) is 0 Å². The van der Waals surface area contributed by atoms with Gasteiger partial charge in [-0.25, -0.2) is 9.59 Å². The normalized spacial score (nSPS) is 13.4. The average Bonchev–Trinajstić information content (AvgIpc) is 3.51. The number of carbonyl (C=O) groups is 2. The molecule has 0 unspecified atom stereocenters. The van der Waals surface area contributed by atoms with Gasteiger partial charge < -0.3 is 15.0 Å². The van der Waals surface area contributed by atoms with Crippen LogP contribution in [0.1, 0.15) is 30.9 Å². The van der Waals surface area contributed by atoms with Crippen LogP contribution >= 0.6 is 0 Å². The number of urea groups is 1. The number of nitrogens with zero attached hydrogens (tertiary/aromatic N) is 1. The first kappa shape index (κ1) is 18.7. The number of anilines is 1. The third-order valence-corrected chi connectivity index (χ3v) is 4.30. The van der Waals surface area contributed by atoms with Gasteiger partial charge in [-0.15, -0.1) is 0 Å². The zero-order valence-corrected chi connectivity index (χ0v) is 15.4. The number of nitrogens with one attached hydrogen (secondary N) is 1. The minimum Gasteiger partial charge on any atom is -0.463 e. The maximum Gasteiger partial charge on any atom is 0.330 e. The number of rotatable bonds is 7. The maximum atomic E-state index is 12.7. The summed E-state index contributed by atoms with van der Waals surface area (Å²) in [6.45, 7) is 2.73. The molecule has 1 aliphatic carbocycles. The van der Waals surface area contributed by atoms with E-state index in [-0.39, 0.29) is 12.0 Å². The average molecular weight is 364 g/mol. The maximum absolute atomic E-state index is 12.7. The Morgan fingerprint density at radius 1 is 1.11 bits per heavy atom. The standard InChI is InChI=1S/C22H24N2O3/c1-2-27-21(25)15-10-17-8-11-19(12-9-17)23-22(26)24(20-13-14-20)16-18-6-4-3-5-7-18/h3-12,15,20H,2,13-14,16H2,1H3,(H,23,26). The lowest BCUT2D eigenvalue weighted by molar-refractivity contribution is -0.137. The molecule has 0 atom stereocenters. The van der Waals surface area contributed by atoms with Crippen LogP contribution < -0.4 is 5.32 Å². The van der Waals surface area contributed by atoms with Gasteiger partial charge in [0.25, 0.3) is 0 Å². The van der Waals surface area contributed by atoms with E-state index < -0.39 is 0 Å². The van der Waals surface area contributed by atoms with Crippen molar-refractivity contribution in [3.05, 3.63) is 71.8 Å². The summed E-state index contributed by atoms with van der Waals surface area (Å²) in [5, 5.41) is 2.97. The molecule has 5 nitrogen and oxygen atoms in total.